The molecule has 0 saturated heterocycles. The van der Waals surface area contributed by atoms with Crippen molar-refractivity contribution in [2.24, 2.45) is 34.0 Å². The van der Waals surface area contributed by atoms with Crippen LogP contribution in [-0.4, -0.2) is 16.5 Å². The standard InChI is InChI=1S/C33H44O2/c1-7-22-8-10-23(11-9-22)27-21-32(6)28(15-17-33(32,35)19-18-30(2,3)4)26-13-12-24-20-25(34)14-16-31(24,5)29(26)27/h8-11,20,26-29,35H,7,12-17,21H2,1-6H3/t26-,27+,28-,29+,31-,32-,33+/m0/s1. The molecule has 0 bridgehead atoms. The molecule has 3 saturated carbocycles. The first-order chi connectivity index (χ1) is 16.4. The van der Waals surface area contributed by atoms with E-state index in [-0.39, 0.29) is 16.2 Å². The quantitative estimate of drug-likeness (QED) is 0.460. The fourth-order valence-corrected chi connectivity index (χ4v) is 8.57. The zero-order valence-electron chi connectivity index (χ0n) is 22.7. The summed E-state index contributed by atoms with van der Waals surface area (Å²) in [5.41, 5.74) is 2.98. The van der Waals surface area contributed by atoms with Gasteiger partial charge in [0.25, 0.3) is 0 Å². The van der Waals surface area contributed by atoms with Crippen LogP contribution in [-0.2, 0) is 11.2 Å². The SMILES string of the molecule is CCc1ccc([C@H]2C[C@@]3(C)[C@@H](CC[C@@]3(O)C#CC(C)(C)C)[C@@H]3CCC4=CC(=O)CC[C@]4(C)[C@H]32)cc1. The summed E-state index contributed by atoms with van der Waals surface area (Å²) < 4.78 is 0. The zero-order chi connectivity index (χ0) is 25.2. The number of aliphatic hydroxyl groups is 1. The third kappa shape index (κ3) is 3.94. The third-order valence-corrected chi connectivity index (χ3v) is 10.5. The molecule has 7 atom stereocenters. The summed E-state index contributed by atoms with van der Waals surface area (Å²) in [7, 11) is 0. The molecule has 4 aliphatic carbocycles. The fourth-order valence-electron chi connectivity index (χ4n) is 8.57. The van der Waals surface area contributed by atoms with E-state index in [4.69, 9.17) is 0 Å². The molecular formula is C33H44O2. The van der Waals surface area contributed by atoms with Crippen molar-refractivity contribution in [1.82, 2.24) is 0 Å². The Kier molecular flexibility index (Phi) is 5.92. The van der Waals surface area contributed by atoms with Crippen LogP contribution in [0.25, 0.3) is 0 Å². The molecule has 35 heavy (non-hydrogen) atoms. The number of fused-ring (bicyclic) bond motifs is 5. The number of allylic oxidation sites excluding steroid dienone is 1. The first-order valence-corrected chi connectivity index (χ1v) is 14.0. The molecule has 2 nitrogen and oxygen atoms in total. The molecule has 4 aliphatic rings. The second-order valence-electron chi connectivity index (χ2n) is 13.6. The van der Waals surface area contributed by atoms with Crippen molar-refractivity contribution in [3.63, 3.8) is 0 Å². The predicted octanol–water partition coefficient (Wildman–Crippen LogP) is 7.26. The van der Waals surface area contributed by atoms with Gasteiger partial charge in [-0.15, -0.1) is 0 Å². The van der Waals surface area contributed by atoms with E-state index in [0.717, 1.165) is 44.9 Å². The zero-order valence-corrected chi connectivity index (χ0v) is 22.7. The van der Waals surface area contributed by atoms with Gasteiger partial charge in [-0.25, -0.2) is 0 Å². The van der Waals surface area contributed by atoms with Crippen molar-refractivity contribution in [1.29, 1.82) is 0 Å². The Morgan fingerprint density at radius 2 is 1.77 bits per heavy atom. The van der Waals surface area contributed by atoms with Gasteiger partial charge in [0.05, 0.1) is 0 Å². The van der Waals surface area contributed by atoms with Gasteiger partial charge in [0, 0.05) is 17.3 Å². The Labute approximate surface area is 213 Å². The molecular weight excluding hydrogens is 428 g/mol. The maximum atomic E-state index is 12.4. The smallest absolute Gasteiger partial charge is 0.155 e. The van der Waals surface area contributed by atoms with Crippen LogP contribution in [0.1, 0.15) is 104 Å². The van der Waals surface area contributed by atoms with E-state index >= 15 is 0 Å². The minimum absolute atomic E-state index is 0.0735. The van der Waals surface area contributed by atoms with Crippen molar-refractivity contribution in [2.45, 2.75) is 104 Å². The molecule has 3 fully saturated rings. The number of carbonyl (C=O) groups is 1. The van der Waals surface area contributed by atoms with Crippen LogP contribution >= 0.6 is 0 Å². The molecule has 0 spiro atoms. The highest BCUT2D eigenvalue weighted by Gasteiger charge is 2.66. The molecule has 2 heteroatoms. The fraction of sp³-hybridized carbons (Fsp3) is 0.667. The Balaban J connectivity index is 1.63. The Hall–Kier alpha value is -1.85. The summed E-state index contributed by atoms with van der Waals surface area (Å²) in [5, 5.41) is 12.1. The van der Waals surface area contributed by atoms with Gasteiger partial charge in [0.1, 0.15) is 5.60 Å². The highest BCUT2D eigenvalue weighted by atomic mass is 16.3. The normalized spacial score (nSPS) is 40.7. The molecule has 0 unspecified atom stereocenters. The van der Waals surface area contributed by atoms with Gasteiger partial charge in [0.2, 0.25) is 0 Å². The second kappa shape index (κ2) is 8.34. The third-order valence-electron chi connectivity index (χ3n) is 10.5. The van der Waals surface area contributed by atoms with Gasteiger partial charge in [-0.05, 0) is 112 Å². The van der Waals surface area contributed by atoms with E-state index < -0.39 is 5.60 Å². The van der Waals surface area contributed by atoms with E-state index in [1.54, 1.807) is 0 Å². The summed E-state index contributed by atoms with van der Waals surface area (Å²) in [4.78, 5) is 12.4. The molecule has 1 N–H and O–H groups in total. The van der Waals surface area contributed by atoms with E-state index in [1.807, 2.05) is 6.08 Å². The van der Waals surface area contributed by atoms with E-state index in [0.29, 0.717) is 35.9 Å². The average Bonchev–Trinajstić information content (AvgIpc) is 3.08. The van der Waals surface area contributed by atoms with Gasteiger partial charge in [-0.3, -0.25) is 4.79 Å². The second-order valence-corrected chi connectivity index (χ2v) is 13.6. The lowest BCUT2D eigenvalue weighted by atomic mass is 9.43. The van der Waals surface area contributed by atoms with Crippen molar-refractivity contribution >= 4 is 5.78 Å². The lowest BCUT2D eigenvalue weighted by Gasteiger charge is -2.61. The number of rotatable bonds is 2. The molecule has 0 radical (unpaired) electrons. The molecule has 5 rings (SSSR count). The van der Waals surface area contributed by atoms with Crippen molar-refractivity contribution in [3.05, 3.63) is 47.0 Å². The molecule has 0 heterocycles. The molecule has 0 aromatic heterocycles. The van der Waals surface area contributed by atoms with Gasteiger partial charge in [0.15, 0.2) is 5.78 Å². The number of hydrogen-bond acceptors (Lipinski definition) is 2. The number of ketones is 1. The van der Waals surface area contributed by atoms with Gasteiger partial charge >= 0.3 is 0 Å². The monoisotopic (exact) mass is 472 g/mol. The number of benzene rings is 1. The Bertz CT molecular complexity index is 1090. The van der Waals surface area contributed by atoms with Crippen molar-refractivity contribution in [3.8, 4) is 11.8 Å². The minimum atomic E-state index is -0.933. The van der Waals surface area contributed by atoms with Crippen molar-refractivity contribution < 1.29 is 9.90 Å². The maximum absolute atomic E-state index is 12.4. The minimum Gasteiger partial charge on any atom is -0.377 e. The maximum Gasteiger partial charge on any atom is 0.155 e. The summed E-state index contributed by atoms with van der Waals surface area (Å²) in [5.74, 6) is 9.10. The summed E-state index contributed by atoms with van der Waals surface area (Å²) >= 11 is 0. The first kappa shape index (κ1) is 24.8. The topological polar surface area (TPSA) is 37.3 Å². The molecule has 0 aliphatic heterocycles. The number of hydrogen-bond donors (Lipinski definition) is 1. The lowest BCUT2D eigenvalue weighted by Crippen LogP contribution is -2.57. The largest absolute Gasteiger partial charge is 0.377 e. The van der Waals surface area contributed by atoms with E-state index in [1.165, 1.54) is 16.7 Å². The summed E-state index contributed by atoms with van der Waals surface area (Å²) in [6.45, 7) is 13.4. The van der Waals surface area contributed by atoms with Gasteiger partial charge in [-0.2, -0.15) is 0 Å². The first-order valence-electron chi connectivity index (χ1n) is 14.0. The summed E-state index contributed by atoms with van der Waals surface area (Å²) in [6.07, 6.45) is 9.66. The van der Waals surface area contributed by atoms with E-state index in [2.05, 4.69) is 77.6 Å². The Morgan fingerprint density at radius 1 is 1.06 bits per heavy atom. The highest BCUT2D eigenvalue weighted by Crippen LogP contribution is 2.70. The van der Waals surface area contributed by atoms with Gasteiger partial charge in [-0.1, -0.05) is 62.5 Å². The number of carbonyl (C=O) groups excluding carboxylic acids is 1. The van der Waals surface area contributed by atoms with Crippen LogP contribution in [0.4, 0.5) is 0 Å². The van der Waals surface area contributed by atoms with Crippen LogP contribution in [0, 0.1) is 45.8 Å². The van der Waals surface area contributed by atoms with Gasteiger partial charge < -0.3 is 5.11 Å². The molecule has 188 valence electrons. The Morgan fingerprint density at radius 3 is 2.43 bits per heavy atom. The predicted molar refractivity (Wildman–Crippen MR) is 143 cm³/mol. The lowest BCUT2D eigenvalue weighted by molar-refractivity contribution is -0.122. The molecule has 1 aromatic rings. The van der Waals surface area contributed by atoms with Crippen LogP contribution in [0.3, 0.4) is 0 Å². The summed E-state index contributed by atoms with van der Waals surface area (Å²) in [6, 6.07) is 9.31. The molecule has 1 aromatic carbocycles. The number of aryl methyl sites for hydroxylation is 1. The molecule has 0 amide bonds. The van der Waals surface area contributed by atoms with Crippen LogP contribution in [0.2, 0.25) is 0 Å². The van der Waals surface area contributed by atoms with Crippen LogP contribution in [0.15, 0.2) is 35.9 Å². The van der Waals surface area contributed by atoms with Crippen LogP contribution < -0.4 is 0 Å². The van der Waals surface area contributed by atoms with Crippen LogP contribution in [0.5, 0.6) is 0 Å². The average molecular weight is 473 g/mol. The van der Waals surface area contributed by atoms with Crippen molar-refractivity contribution in [2.75, 3.05) is 0 Å². The van der Waals surface area contributed by atoms with E-state index in [9.17, 15) is 9.90 Å². The highest BCUT2D eigenvalue weighted by molar-refractivity contribution is 5.91.